The molecular formula is C10H19NO4. The summed E-state index contributed by atoms with van der Waals surface area (Å²) in [6.07, 6.45) is 0. The number of Topliss-reactive ketones (excluding diaryl/α,β-unsaturated/α-hetero) is 1. The molecule has 0 aliphatic carbocycles. The third-order valence-electron chi connectivity index (χ3n) is 1.77. The third kappa shape index (κ3) is 8.08. The summed E-state index contributed by atoms with van der Waals surface area (Å²) < 4.78 is 10.0. The van der Waals surface area contributed by atoms with Gasteiger partial charge in [-0.3, -0.25) is 9.59 Å². The average Bonchev–Trinajstić information content (AvgIpc) is 2.22. The van der Waals surface area contributed by atoms with E-state index in [2.05, 4.69) is 5.32 Å². The van der Waals surface area contributed by atoms with Gasteiger partial charge >= 0.3 is 0 Å². The molecule has 0 heterocycles. The van der Waals surface area contributed by atoms with Gasteiger partial charge in [-0.2, -0.15) is 0 Å². The zero-order valence-electron chi connectivity index (χ0n) is 9.54. The Bertz CT molecular complexity index is 204. The fraction of sp³-hybridized carbons (Fsp3) is 0.800. The second-order valence-corrected chi connectivity index (χ2v) is 3.40. The maximum absolute atomic E-state index is 11.1. The number of ketones is 1. The summed E-state index contributed by atoms with van der Waals surface area (Å²) >= 11 is 0. The summed E-state index contributed by atoms with van der Waals surface area (Å²) in [6.45, 7) is 4.44. The minimum absolute atomic E-state index is 0.00297. The Morgan fingerprint density at radius 2 is 1.67 bits per heavy atom. The molecule has 0 aromatic heterocycles. The molecule has 5 nitrogen and oxygen atoms in total. The van der Waals surface area contributed by atoms with E-state index >= 15 is 0 Å². The summed E-state index contributed by atoms with van der Waals surface area (Å²) in [5, 5.41) is 2.43. The van der Waals surface area contributed by atoms with Crippen molar-refractivity contribution >= 4 is 11.7 Å². The molecule has 0 rings (SSSR count). The monoisotopic (exact) mass is 217 g/mol. The van der Waals surface area contributed by atoms with E-state index in [1.165, 1.54) is 0 Å². The number of nitrogens with one attached hydrogen (secondary N) is 1. The van der Waals surface area contributed by atoms with E-state index in [0.29, 0.717) is 13.2 Å². The van der Waals surface area contributed by atoms with Crippen LogP contribution in [0.3, 0.4) is 0 Å². The average molecular weight is 217 g/mol. The van der Waals surface area contributed by atoms with Crippen LogP contribution in [-0.2, 0) is 19.1 Å². The van der Waals surface area contributed by atoms with Gasteiger partial charge in [-0.25, -0.2) is 0 Å². The van der Waals surface area contributed by atoms with Crippen LogP contribution < -0.4 is 5.32 Å². The fourth-order valence-corrected chi connectivity index (χ4v) is 0.694. The molecule has 0 aliphatic heterocycles. The molecule has 0 aromatic carbocycles. The quantitative estimate of drug-likeness (QED) is 0.581. The molecule has 0 unspecified atom stereocenters. The molecule has 88 valence electrons. The molecule has 15 heavy (non-hydrogen) atoms. The van der Waals surface area contributed by atoms with E-state index in [1.807, 2.05) is 13.8 Å². The minimum Gasteiger partial charge on any atom is -0.371 e. The van der Waals surface area contributed by atoms with Crippen molar-refractivity contribution in [2.75, 3.05) is 33.5 Å². The summed E-state index contributed by atoms with van der Waals surface area (Å²) in [5.74, 6) is -0.105. The number of likely N-dealkylation sites (N-methyl/N-ethyl adjacent to an activating group) is 1. The summed E-state index contributed by atoms with van der Waals surface area (Å²) in [5.41, 5.74) is 0. The van der Waals surface area contributed by atoms with Crippen molar-refractivity contribution < 1.29 is 19.1 Å². The number of rotatable bonds is 8. The van der Waals surface area contributed by atoms with E-state index in [4.69, 9.17) is 9.47 Å². The van der Waals surface area contributed by atoms with E-state index < -0.39 is 0 Å². The predicted octanol–water partition coefficient (Wildman–Crippen LogP) is -0.00930. The van der Waals surface area contributed by atoms with Crippen LogP contribution in [0.15, 0.2) is 0 Å². The molecule has 0 fully saturated rings. The van der Waals surface area contributed by atoms with Gasteiger partial charge in [-0.15, -0.1) is 0 Å². The Labute approximate surface area is 90.1 Å². The Morgan fingerprint density at radius 1 is 1.13 bits per heavy atom. The Hall–Kier alpha value is -0.940. The van der Waals surface area contributed by atoms with Crippen LogP contribution in [0.2, 0.25) is 0 Å². The van der Waals surface area contributed by atoms with E-state index in [-0.39, 0.29) is 30.8 Å². The Balaban J connectivity index is 3.25. The molecule has 0 spiro atoms. The number of hydrogen-bond donors (Lipinski definition) is 1. The predicted molar refractivity (Wildman–Crippen MR) is 55.5 cm³/mol. The summed E-state index contributed by atoms with van der Waals surface area (Å²) in [6, 6.07) is 0. The lowest BCUT2D eigenvalue weighted by molar-refractivity contribution is -0.129. The molecule has 0 aromatic rings. The van der Waals surface area contributed by atoms with Gasteiger partial charge in [0.2, 0.25) is 5.91 Å². The van der Waals surface area contributed by atoms with Gasteiger partial charge in [-0.1, -0.05) is 13.8 Å². The molecule has 0 aliphatic rings. The lowest BCUT2D eigenvalue weighted by Gasteiger charge is -2.06. The molecule has 1 N–H and O–H groups in total. The van der Waals surface area contributed by atoms with Gasteiger partial charge < -0.3 is 14.8 Å². The minimum atomic E-state index is -0.173. The molecule has 1 amide bonds. The summed E-state index contributed by atoms with van der Waals surface area (Å²) in [4.78, 5) is 21.8. The lowest BCUT2D eigenvalue weighted by atomic mass is 10.1. The van der Waals surface area contributed by atoms with Crippen molar-refractivity contribution in [2.24, 2.45) is 5.92 Å². The first-order valence-electron chi connectivity index (χ1n) is 4.96. The van der Waals surface area contributed by atoms with Crippen molar-refractivity contribution in [1.29, 1.82) is 0 Å². The second-order valence-electron chi connectivity index (χ2n) is 3.40. The van der Waals surface area contributed by atoms with Crippen LogP contribution >= 0.6 is 0 Å². The maximum Gasteiger partial charge on any atom is 0.245 e. The largest absolute Gasteiger partial charge is 0.371 e. The zero-order chi connectivity index (χ0) is 11.7. The van der Waals surface area contributed by atoms with Gasteiger partial charge in [0.25, 0.3) is 0 Å². The first kappa shape index (κ1) is 14.1. The standard InChI is InChI=1S/C10H19NO4/c1-8(2)9(12)6-14-4-5-15-7-10(13)11-3/h8H,4-7H2,1-3H3,(H,11,13). The van der Waals surface area contributed by atoms with Crippen LogP contribution in [-0.4, -0.2) is 45.2 Å². The van der Waals surface area contributed by atoms with Crippen molar-refractivity contribution in [3.05, 3.63) is 0 Å². The maximum atomic E-state index is 11.1. The van der Waals surface area contributed by atoms with E-state index in [9.17, 15) is 9.59 Å². The van der Waals surface area contributed by atoms with Crippen molar-refractivity contribution in [3.63, 3.8) is 0 Å². The van der Waals surface area contributed by atoms with Crippen LogP contribution in [0.25, 0.3) is 0 Å². The molecule has 0 bridgehead atoms. The highest BCUT2D eigenvalue weighted by atomic mass is 16.5. The molecule has 0 saturated carbocycles. The third-order valence-corrected chi connectivity index (χ3v) is 1.77. The highest BCUT2D eigenvalue weighted by molar-refractivity contribution is 5.81. The lowest BCUT2D eigenvalue weighted by Crippen LogP contribution is -2.24. The second kappa shape index (κ2) is 8.38. The van der Waals surface area contributed by atoms with Gasteiger partial charge in [0.05, 0.1) is 13.2 Å². The molecular weight excluding hydrogens is 198 g/mol. The van der Waals surface area contributed by atoms with Gasteiger partial charge in [0.1, 0.15) is 13.2 Å². The van der Waals surface area contributed by atoms with Crippen LogP contribution in [0.1, 0.15) is 13.8 Å². The highest BCUT2D eigenvalue weighted by Crippen LogP contribution is 1.94. The fourth-order valence-electron chi connectivity index (χ4n) is 0.694. The number of hydrogen-bond acceptors (Lipinski definition) is 4. The number of ether oxygens (including phenoxy) is 2. The molecule has 0 radical (unpaired) electrons. The van der Waals surface area contributed by atoms with Crippen molar-refractivity contribution in [2.45, 2.75) is 13.8 Å². The normalized spacial score (nSPS) is 10.4. The molecule has 5 heteroatoms. The molecule has 0 saturated heterocycles. The van der Waals surface area contributed by atoms with Crippen molar-refractivity contribution in [3.8, 4) is 0 Å². The van der Waals surface area contributed by atoms with Crippen LogP contribution in [0, 0.1) is 5.92 Å². The number of carbonyl (C=O) groups is 2. The Kier molecular flexibility index (Phi) is 7.85. The van der Waals surface area contributed by atoms with Crippen molar-refractivity contribution in [1.82, 2.24) is 5.32 Å². The van der Waals surface area contributed by atoms with Crippen LogP contribution in [0.5, 0.6) is 0 Å². The Morgan fingerprint density at radius 3 is 2.13 bits per heavy atom. The molecule has 0 atom stereocenters. The van der Waals surface area contributed by atoms with Gasteiger partial charge in [-0.05, 0) is 0 Å². The zero-order valence-corrected chi connectivity index (χ0v) is 9.54. The van der Waals surface area contributed by atoms with Gasteiger partial charge in [0.15, 0.2) is 5.78 Å². The first-order chi connectivity index (χ1) is 7.07. The number of amides is 1. The van der Waals surface area contributed by atoms with E-state index in [1.54, 1.807) is 7.05 Å². The van der Waals surface area contributed by atoms with Crippen LogP contribution in [0.4, 0.5) is 0 Å². The van der Waals surface area contributed by atoms with E-state index in [0.717, 1.165) is 0 Å². The smallest absolute Gasteiger partial charge is 0.245 e. The highest BCUT2D eigenvalue weighted by Gasteiger charge is 2.06. The SMILES string of the molecule is CNC(=O)COCCOCC(=O)C(C)C. The number of carbonyl (C=O) groups excluding carboxylic acids is 2. The summed E-state index contributed by atoms with van der Waals surface area (Å²) in [7, 11) is 1.55. The first-order valence-corrected chi connectivity index (χ1v) is 4.96. The topological polar surface area (TPSA) is 64.6 Å². The van der Waals surface area contributed by atoms with Gasteiger partial charge in [0, 0.05) is 13.0 Å².